The maximum Gasteiger partial charge on any atom is 0.0597 e. The fourth-order valence-electron chi connectivity index (χ4n) is 1.04. The summed E-state index contributed by atoms with van der Waals surface area (Å²) in [5.41, 5.74) is 14.4. The fourth-order valence-corrected chi connectivity index (χ4v) is 1.54. The van der Waals surface area contributed by atoms with Crippen molar-refractivity contribution in [1.82, 2.24) is 0 Å². The van der Waals surface area contributed by atoms with Crippen molar-refractivity contribution in [1.29, 1.82) is 0 Å². The van der Waals surface area contributed by atoms with Gasteiger partial charge in [-0.3, -0.25) is 0 Å². The van der Waals surface area contributed by atoms with Crippen molar-refractivity contribution in [2.24, 2.45) is 11.5 Å². The summed E-state index contributed by atoms with van der Waals surface area (Å²) in [6.45, 7) is 0.668. The first-order chi connectivity index (χ1) is 5.16. The lowest BCUT2D eigenvalue weighted by Gasteiger charge is -2.19. The van der Waals surface area contributed by atoms with Crippen LogP contribution in [0.1, 0.15) is 12.8 Å². The molecule has 1 unspecified atom stereocenters. The Bertz CT molecular complexity index is 196. The molecule has 0 aromatic heterocycles. The molecular weight excluding hydrogens is 251 g/mol. The van der Waals surface area contributed by atoms with Crippen LogP contribution in [0.15, 0.2) is 17.9 Å². The molecule has 11 heavy (non-hydrogen) atoms. The maximum atomic E-state index is 5.73. The molecule has 1 aliphatic rings. The molecule has 0 amide bonds. The van der Waals surface area contributed by atoms with Gasteiger partial charge in [-0.1, -0.05) is 22.6 Å². The lowest BCUT2D eigenvalue weighted by Crippen LogP contribution is -2.29. The van der Waals surface area contributed by atoms with Crippen molar-refractivity contribution in [2.45, 2.75) is 22.3 Å². The first-order valence-corrected chi connectivity index (χ1v) is 4.82. The van der Waals surface area contributed by atoms with Crippen molar-refractivity contribution in [3.8, 4) is 0 Å². The second-order valence-corrected chi connectivity index (χ2v) is 5.07. The smallest absolute Gasteiger partial charge is 0.0597 e. The second kappa shape index (κ2) is 3.72. The van der Waals surface area contributed by atoms with Gasteiger partial charge < -0.3 is 11.5 Å². The number of rotatable bonds is 1. The van der Waals surface area contributed by atoms with E-state index in [-0.39, 0.29) is 9.46 Å². The van der Waals surface area contributed by atoms with Crippen LogP contribution < -0.4 is 11.5 Å². The van der Waals surface area contributed by atoms with Crippen LogP contribution in [0.3, 0.4) is 0 Å². The van der Waals surface area contributed by atoms with Crippen LogP contribution in [-0.2, 0) is 0 Å². The van der Waals surface area contributed by atoms with Crippen molar-refractivity contribution >= 4 is 22.6 Å². The highest BCUT2D eigenvalue weighted by molar-refractivity contribution is 14.1. The van der Waals surface area contributed by atoms with E-state index < -0.39 is 0 Å². The molecule has 1 rings (SSSR count). The van der Waals surface area contributed by atoms with E-state index in [0.717, 1.165) is 12.8 Å². The molecule has 62 valence electrons. The third-order valence-corrected chi connectivity index (χ3v) is 3.18. The van der Waals surface area contributed by atoms with E-state index in [1.54, 1.807) is 0 Å². The summed E-state index contributed by atoms with van der Waals surface area (Å²) in [4.78, 5) is 0. The summed E-state index contributed by atoms with van der Waals surface area (Å²) >= 11 is 2.37. The van der Waals surface area contributed by atoms with Gasteiger partial charge in [-0.25, -0.2) is 0 Å². The van der Waals surface area contributed by atoms with Crippen molar-refractivity contribution < 1.29 is 0 Å². The van der Waals surface area contributed by atoms with Gasteiger partial charge in [-0.15, -0.1) is 5.73 Å². The highest BCUT2D eigenvalue weighted by Gasteiger charge is 2.22. The summed E-state index contributed by atoms with van der Waals surface area (Å²) in [5, 5.41) is 0. The first kappa shape index (κ1) is 9.26. The second-order valence-electron chi connectivity index (χ2n) is 2.92. The van der Waals surface area contributed by atoms with Gasteiger partial charge in [0.1, 0.15) is 0 Å². The molecule has 0 bridgehead atoms. The SMILES string of the molecule is NC[C@]1(I)C=C=CC(N)CC1. The summed E-state index contributed by atoms with van der Waals surface area (Å²) in [7, 11) is 0. The molecule has 0 fully saturated rings. The highest BCUT2D eigenvalue weighted by atomic mass is 127. The largest absolute Gasteiger partial charge is 0.329 e. The van der Waals surface area contributed by atoms with E-state index >= 15 is 0 Å². The highest BCUT2D eigenvalue weighted by Crippen LogP contribution is 2.27. The van der Waals surface area contributed by atoms with E-state index in [0.29, 0.717) is 6.54 Å². The van der Waals surface area contributed by atoms with Gasteiger partial charge in [0.15, 0.2) is 0 Å². The number of hydrogen-bond acceptors (Lipinski definition) is 2. The molecule has 0 saturated carbocycles. The van der Waals surface area contributed by atoms with Crippen LogP contribution in [0.4, 0.5) is 0 Å². The van der Waals surface area contributed by atoms with Gasteiger partial charge in [0.25, 0.3) is 0 Å². The normalized spacial score (nSPS) is 37.2. The zero-order valence-electron chi connectivity index (χ0n) is 6.39. The summed E-state index contributed by atoms with van der Waals surface area (Å²) in [5.74, 6) is 0. The Kier molecular flexibility index (Phi) is 3.13. The molecular formula is C8H13IN2. The van der Waals surface area contributed by atoms with Crippen molar-refractivity contribution in [3.63, 3.8) is 0 Å². The average Bonchev–Trinajstić information content (AvgIpc) is 2.15. The Morgan fingerprint density at radius 2 is 2.45 bits per heavy atom. The monoisotopic (exact) mass is 264 g/mol. The quantitative estimate of drug-likeness (QED) is 0.421. The lowest BCUT2D eigenvalue weighted by molar-refractivity contribution is 0.606. The Balaban J connectivity index is 2.70. The zero-order valence-corrected chi connectivity index (χ0v) is 8.54. The van der Waals surface area contributed by atoms with Crippen LogP contribution in [0.25, 0.3) is 0 Å². The van der Waals surface area contributed by atoms with Crippen LogP contribution in [0.5, 0.6) is 0 Å². The van der Waals surface area contributed by atoms with E-state index in [1.165, 1.54) is 0 Å². The number of halogens is 1. The third-order valence-electron chi connectivity index (χ3n) is 1.88. The predicted octanol–water partition coefficient (Wildman–Crippen LogP) is 0.951. The van der Waals surface area contributed by atoms with E-state index in [2.05, 4.69) is 28.3 Å². The van der Waals surface area contributed by atoms with E-state index in [4.69, 9.17) is 11.5 Å². The molecule has 1 aliphatic carbocycles. The van der Waals surface area contributed by atoms with Gasteiger partial charge in [0.2, 0.25) is 0 Å². The van der Waals surface area contributed by atoms with Crippen molar-refractivity contribution in [2.75, 3.05) is 6.54 Å². The van der Waals surface area contributed by atoms with Gasteiger partial charge in [0.05, 0.1) is 3.42 Å². The fraction of sp³-hybridized carbons (Fsp3) is 0.625. The molecule has 0 spiro atoms. The van der Waals surface area contributed by atoms with Crippen LogP contribution in [0, 0.1) is 0 Å². The standard InChI is InChI=1S/C8H13IN2/c9-8(6-10)4-1-2-7(11)3-5-8/h2,4,7H,3,5-6,10-11H2/t7?,8-/m0/s1. The maximum absolute atomic E-state index is 5.73. The van der Waals surface area contributed by atoms with Gasteiger partial charge in [-0.05, 0) is 25.0 Å². The summed E-state index contributed by atoms with van der Waals surface area (Å²) < 4.78 is 0.0857. The minimum Gasteiger partial charge on any atom is -0.329 e. The van der Waals surface area contributed by atoms with Gasteiger partial charge >= 0.3 is 0 Å². The molecule has 0 radical (unpaired) electrons. The number of hydrogen-bond donors (Lipinski definition) is 2. The average molecular weight is 264 g/mol. The first-order valence-electron chi connectivity index (χ1n) is 3.75. The van der Waals surface area contributed by atoms with Crippen LogP contribution in [0.2, 0.25) is 0 Å². The van der Waals surface area contributed by atoms with Gasteiger partial charge in [-0.2, -0.15) is 0 Å². The molecule has 0 aliphatic heterocycles. The Morgan fingerprint density at radius 3 is 3.09 bits per heavy atom. The molecule has 2 atom stereocenters. The Morgan fingerprint density at radius 1 is 1.73 bits per heavy atom. The molecule has 0 aromatic carbocycles. The number of nitrogens with two attached hydrogens (primary N) is 2. The molecule has 3 heteroatoms. The Hall–Kier alpha value is 0.170. The molecule has 0 heterocycles. The van der Waals surface area contributed by atoms with Gasteiger partial charge in [0, 0.05) is 12.6 Å². The third kappa shape index (κ3) is 2.60. The summed E-state index contributed by atoms with van der Waals surface area (Å²) in [6, 6.07) is 0.162. The van der Waals surface area contributed by atoms with E-state index in [9.17, 15) is 0 Å². The number of alkyl halides is 1. The molecule has 0 aromatic rings. The van der Waals surface area contributed by atoms with Crippen molar-refractivity contribution in [3.05, 3.63) is 17.9 Å². The minimum atomic E-state index is 0.0857. The van der Waals surface area contributed by atoms with Crippen LogP contribution in [-0.4, -0.2) is 16.0 Å². The molecule has 4 N–H and O–H groups in total. The summed E-state index contributed by atoms with van der Waals surface area (Å²) in [6.07, 6.45) is 5.99. The Labute approximate surface area is 80.9 Å². The lowest BCUT2D eigenvalue weighted by atomic mass is 10.0. The minimum absolute atomic E-state index is 0.0857. The predicted molar refractivity (Wildman–Crippen MR) is 55.7 cm³/mol. The van der Waals surface area contributed by atoms with Crippen LogP contribution >= 0.6 is 22.6 Å². The molecule has 2 nitrogen and oxygen atoms in total. The van der Waals surface area contributed by atoms with E-state index in [1.807, 2.05) is 12.2 Å². The topological polar surface area (TPSA) is 52.0 Å². The molecule has 0 saturated heterocycles. The zero-order chi connectivity index (χ0) is 8.32.